The van der Waals surface area contributed by atoms with E-state index in [2.05, 4.69) is 30.3 Å². The van der Waals surface area contributed by atoms with Gasteiger partial charge in [-0.25, -0.2) is 9.59 Å². The van der Waals surface area contributed by atoms with Crippen LogP contribution in [0.3, 0.4) is 0 Å². The number of amides is 1. The van der Waals surface area contributed by atoms with Crippen LogP contribution in [0.5, 0.6) is 0 Å². The van der Waals surface area contributed by atoms with Crippen LogP contribution in [0.15, 0.2) is 72.8 Å². The van der Waals surface area contributed by atoms with Crippen molar-refractivity contribution in [1.29, 1.82) is 0 Å². The number of hydrogen-bond acceptors (Lipinski definition) is 3. The molecule has 5 nitrogen and oxygen atoms in total. The quantitative estimate of drug-likeness (QED) is 0.469. The normalized spacial score (nSPS) is 21.8. The summed E-state index contributed by atoms with van der Waals surface area (Å²) in [5.74, 6) is -1.30. The Hall–Kier alpha value is -3.86. The van der Waals surface area contributed by atoms with E-state index in [1.54, 1.807) is 0 Å². The van der Waals surface area contributed by atoms with Crippen LogP contribution in [0.25, 0.3) is 11.1 Å². The largest absolute Gasteiger partial charge is 0.480 e. The van der Waals surface area contributed by atoms with Crippen LogP contribution in [0.2, 0.25) is 0 Å². The van der Waals surface area contributed by atoms with Crippen molar-refractivity contribution in [3.05, 3.63) is 101 Å². The second-order valence-corrected chi connectivity index (χ2v) is 9.77. The number of ether oxygens (including phenoxy) is 1. The van der Waals surface area contributed by atoms with Crippen molar-refractivity contribution in [2.45, 2.75) is 38.1 Å². The zero-order valence-electron chi connectivity index (χ0n) is 19.8. The Balaban J connectivity index is 1.37. The van der Waals surface area contributed by atoms with Gasteiger partial charge in [0.15, 0.2) is 0 Å². The molecule has 1 N–H and O–H groups in total. The predicted molar refractivity (Wildman–Crippen MR) is 135 cm³/mol. The fourth-order valence-corrected chi connectivity index (χ4v) is 6.36. The molecule has 1 heterocycles. The van der Waals surface area contributed by atoms with Gasteiger partial charge in [0, 0.05) is 17.8 Å². The van der Waals surface area contributed by atoms with E-state index < -0.39 is 18.1 Å². The lowest BCUT2D eigenvalue weighted by molar-refractivity contribution is -0.140. The van der Waals surface area contributed by atoms with E-state index in [1.807, 2.05) is 56.3 Å². The number of carbonyl (C=O) groups excluding carboxylic acids is 1. The Morgan fingerprint density at radius 3 is 2.23 bits per heavy atom. The highest BCUT2D eigenvalue weighted by Crippen LogP contribution is 2.50. The van der Waals surface area contributed by atoms with Crippen LogP contribution in [0, 0.1) is 19.8 Å². The van der Waals surface area contributed by atoms with E-state index in [0.717, 1.165) is 38.9 Å². The van der Waals surface area contributed by atoms with Gasteiger partial charge < -0.3 is 9.84 Å². The Bertz CT molecular complexity index is 1350. The van der Waals surface area contributed by atoms with Crippen LogP contribution >= 0.6 is 0 Å². The van der Waals surface area contributed by atoms with Crippen molar-refractivity contribution >= 4 is 17.7 Å². The number of rotatable bonds is 3. The number of aryl methyl sites for hydroxylation is 2. The lowest BCUT2D eigenvalue weighted by atomic mass is 9.76. The van der Waals surface area contributed by atoms with Crippen molar-refractivity contribution in [2.75, 3.05) is 11.5 Å². The van der Waals surface area contributed by atoms with E-state index in [4.69, 9.17) is 4.74 Å². The van der Waals surface area contributed by atoms with Crippen molar-refractivity contribution in [3.8, 4) is 11.1 Å². The molecule has 0 saturated heterocycles. The van der Waals surface area contributed by atoms with Gasteiger partial charge in [-0.3, -0.25) is 4.90 Å². The molecule has 2 aliphatic carbocycles. The zero-order valence-corrected chi connectivity index (χ0v) is 19.8. The smallest absolute Gasteiger partial charge is 0.415 e. The molecule has 3 aromatic rings. The first-order valence-corrected chi connectivity index (χ1v) is 12.1. The number of fused-ring (bicyclic) bond motifs is 6. The van der Waals surface area contributed by atoms with E-state index in [9.17, 15) is 14.7 Å². The molecule has 0 bridgehead atoms. The Morgan fingerprint density at radius 2 is 1.57 bits per heavy atom. The van der Waals surface area contributed by atoms with Crippen molar-refractivity contribution in [1.82, 2.24) is 0 Å². The van der Waals surface area contributed by atoms with Crippen molar-refractivity contribution in [3.63, 3.8) is 0 Å². The average molecular weight is 466 g/mol. The van der Waals surface area contributed by atoms with Crippen LogP contribution in [-0.2, 0) is 9.53 Å². The molecule has 1 aliphatic heterocycles. The Morgan fingerprint density at radius 1 is 0.943 bits per heavy atom. The van der Waals surface area contributed by atoms with Gasteiger partial charge in [-0.05, 0) is 59.2 Å². The first-order chi connectivity index (χ1) is 17.0. The van der Waals surface area contributed by atoms with Gasteiger partial charge in [-0.15, -0.1) is 0 Å². The van der Waals surface area contributed by atoms with Gasteiger partial charge in [-0.1, -0.05) is 72.8 Å². The molecule has 0 saturated carbocycles. The molecule has 3 aromatic carbocycles. The second-order valence-electron chi connectivity index (χ2n) is 9.77. The fourth-order valence-electron chi connectivity index (χ4n) is 6.36. The SMILES string of the molecule is Cc1ccc(C)c2c1[C@H]1C=CC[C@H]1[C@@H](C(=O)O)N2C(=O)OCC1c2ccccc2-c2ccccc21. The summed E-state index contributed by atoms with van der Waals surface area (Å²) in [7, 11) is 0. The van der Waals surface area contributed by atoms with Crippen LogP contribution in [-0.4, -0.2) is 29.8 Å². The molecule has 0 fully saturated rings. The van der Waals surface area contributed by atoms with Gasteiger partial charge in [0.25, 0.3) is 0 Å². The van der Waals surface area contributed by atoms with Gasteiger partial charge >= 0.3 is 12.1 Å². The van der Waals surface area contributed by atoms with E-state index in [-0.39, 0.29) is 24.4 Å². The molecule has 3 aliphatic rings. The summed E-state index contributed by atoms with van der Waals surface area (Å²) < 4.78 is 5.96. The third-order valence-electron chi connectivity index (χ3n) is 7.89. The third-order valence-corrected chi connectivity index (χ3v) is 7.89. The predicted octanol–water partition coefficient (Wildman–Crippen LogP) is 6.19. The first kappa shape index (κ1) is 21.7. The van der Waals surface area contributed by atoms with Crippen LogP contribution < -0.4 is 4.90 Å². The highest BCUT2D eigenvalue weighted by Gasteiger charge is 2.49. The number of carboxylic acids is 1. The number of carbonyl (C=O) groups is 2. The van der Waals surface area contributed by atoms with Gasteiger partial charge in [-0.2, -0.15) is 0 Å². The van der Waals surface area contributed by atoms with Gasteiger partial charge in [0.05, 0.1) is 5.69 Å². The number of carboxylic acid groups (broad SMARTS) is 1. The lowest BCUT2D eigenvalue weighted by Gasteiger charge is -2.42. The molecular formula is C30H27NO4. The Labute approximate surface area is 204 Å². The van der Waals surface area contributed by atoms with E-state index in [0.29, 0.717) is 12.1 Å². The Kier molecular flexibility index (Phi) is 5.03. The minimum atomic E-state index is -0.997. The van der Waals surface area contributed by atoms with E-state index in [1.165, 1.54) is 4.90 Å². The molecule has 0 aromatic heterocycles. The summed E-state index contributed by atoms with van der Waals surface area (Å²) in [4.78, 5) is 27.7. The molecule has 0 radical (unpaired) electrons. The summed E-state index contributed by atoms with van der Waals surface area (Å²) in [6.07, 6.45) is 4.17. The molecule has 176 valence electrons. The zero-order chi connectivity index (χ0) is 24.3. The number of allylic oxidation sites excluding steroid dienone is 2. The number of aliphatic carboxylic acids is 1. The highest BCUT2D eigenvalue weighted by atomic mass is 16.6. The van der Waals surface area contributed by atoms with Gasteiger partial charge in [0.1, 0.15) is 12.6 Å². The molecule has 5 heteroatoms. The maximum atomic E-state index is 13.7. The first-order valence-electron chi connectivity index (χ1n) is 12.1. The van der Waals surface area contributed by atoms with Crippen LogP contribution in [0.4, 0.5) is 10.5 Å². The average Bonchev–Trinajstić information content (AvgIpc) is 3.46. The van der Waals surface area contributed by atoms with Crippen LogP contribution in [0.1, 0.15) is 46.1 Å². The van der Waals surface area contributed by atoms with Gasteiger partial charge in [0.2, 0.25) is 0 Å². The molecule has 35 heavy (non-hydrogen) atoms. The number of benzene rings is 3. The maximum Gasteiger partial charge on any atom is 0.415 e. The summed E-state index contributed by atoms with van der Waals surface area (Å²) >= 11 is 0. The summed E-state index contributed by atoms with van der Waals surface area (Å²) in [5, 5.41) is 10.3. The highest BCUT2D eigenvalue weighted by molar-refractivity contribution is 5.99. The third kappa shape index (κ3) is 3.22. The monoisotopic (exact) mass is 465 g/mol. The molecular weight excluding hydrogens is 438 g/mol. The lowest BCUT2D eigenvalue weighted by Crippen LogP contribution is -2.54. The summed E-state index contributed by atoms with van der Waals surface area (Å²) in [6.45, 7) is 4.11. The number of anilines is 1. The minimum absolute atomic E-state index is 0.0105. The van der Waals surface area contributed by atoms with Crippen molar-refractivity contribution in [2.24, 2.45) is 5.92 Å². The summed E-state index contributed by atoms with van der Waals surface area (Å²) in [5.41, 5.74) is 8.22. The maximum absolute atomic E-state index is 13.7. The molecule has 1 amide bonds. The standard InChI is InChI=1S/C30H27NO4/c1-17-14-15-18(2)27-26(17)23-12-7-13-24(23)28(29(32)33)31(27)30(34)35-16-25-21-10-5-3-8-19(21)20-9-4-6-11-22(20)25/h3-12,14-15,23-25,28H,13,16H2,1-2H3,(H,32,33)/t23-,24+,28-/m0/s1. The van der Waals surface area contributed by atoms with Crippen molar-refractivity contribution < 1.29 is 19.4 Å². The molecule has 0 unspecified atom stereocenters. The van der Waals surface area contributed by atoms with E-state index >= 15 is 0 Å². The summed E-state index contributed by atoms with van der Waals surface area (Å²) in [6, 6.07) is 19.4. The number of nitrogens with zero attached hydrogens (tertiary/aromatic N) is 1. The fraction of sp³-hybridized carbons (Fsp3) is 0.267. The number of hydrogen-bond donors (Lipinski definition) is 1. The molecule has 6 rings (SSSR count). The minimum Gasteiger partial charge on any atom is -0.480 e. The molecule has 3 atom stereocenters. The second kappa shape index (κ2) is 8.12. The molecule has 0 spiro atoms. The topological polar surface area (TPSA) is 66.8 Å².